The minimum atomic E-state index is -3.37. The van der Waals surface area contributed by atoms with Crippen LogP contribution in [0, 0.1) is 5.92 Å². The van der Waals surface area contributed by atoms with Gasteiger partial charge in [0.25, 0.3) is 10.2 Å². The van der Waals surface area contributed by atoms with Gasteiger partial charge in [-0.05, 0) is 51.6 Å². The van der Waals surface area contributed by atoms with Gasteiger partial charge in [0, 0.05) is 26.2 Å². The molecule has 1 aliphatic carbocycles. The first-order chi connectivity index (χ1) is 9.56. The SMILES string of the molecule is CNCC1CCN(S(=O)(=O)NC2CCCC2OC)CC1. The predicted octanol–water partition coefficient (Wildman–Crippen LogP) is 0.320. The smallest absolute Gasteiger partial charge is 0.279 e. The summed E-state index contributed by atoms with van der Waals surface area (Å²) in [5.41, 5.74) is 0. The summed E-state index contributed by atoms with van der Waals surface area (Å²) in [7, 11) is 0.228. The fraction of sp³-hybridized carbons (Fsp3) is 1.00. The zero-order chi connectivity index (χ0) is 14.6. The van der Waals surface area contributed by atoms with Crippen molar-refractivity contribution in [2.75, 3.05) is 33.8 Å². The van der Waals surface area contributed by atoms with E-state index in [0.717, 1.165) is 38.6 Å². The highest BCUT2D eigenvalue weighted by Gasteiger charge is 2.34. The first-order valence-electron chi connectivity index (χ1n) is 7.51. The second kappa shape index (κ2) is 7.17. The lowest BCUT2D eigenvalue weighted by molar-refractivity contribution is 0.0908. The summed E-state index contributed by atoms with van der Waals surface area (Å²) in [6.07, 6.45) is 4.71. The van der Waals surface area contributed by atoms with Crippen LogP contribution >= 0.6 is 0 Å². The van der Waals surface area contributed by atoms with Crippen molar-refractivity contribution >= 4 is 10.2 Å². The van der Waals surface area contributed by atoms with Gasteiger partial charge in [0.1, 0.15) is 0 Å². The van der Waals surface area contributed by atoms with Crippen LogP contribution in [0.3, 0.4) is 0 Å². The number of piperidine rings is 1. The molecule has 2 aliphatic rings. The van der Waals surface area contributed by atoms with Crippen molar-refractivity contribution in [3.05, 3.63) is 0 Å². The molecule has 1 saturated carbocycles. The van der Waals surface area contributed by atoms with Crippen LogP contribution in [0.1, 0.15) is 32.1 Å². The maximum atomic E-state index is 12.4. The molecule has 0 spiro atoms. The molecule has 0 amide bonds. The molecule has 7 heteroatoms. The van der Waals surface area contributed by atoms with Crippen molar-refractivity contribution in [2.45, 2.75) is 44.2 Å². The fourth-order valence-electron chi connectivity index (χ4n) is 3.25. The number of methoxy groups -OCH3 is 1. The van der Waals surface area contributed by atoms with Crippen molar-refractivity contribution in [2.24, 2.45) is 5.92 Å². The summed E-state index contributed by atoms with van der Waals surface area (Å²) in [6.45, 7) is 2.20. The van der Waals surface area contributed by atoms with E-state index in [0.29, 0.717) is 19.0 Å². The average Bonchev–Trinajstić information content (AvgIpc) is 2.86. The van der Waals surface area contributed by atoms with Gasteiger partial charge < -0.3 is 10.1 Å². The topological polar surface area (TPSA) is 70.7 Å². The van der Waals surface area contributed by atoms with E-state index in [9.17, 15) is 8.42 Å². The molecule has 0 aromatic heterocycles. The molecule has 1 aliphatic heterocycles. The molecule has 20 heavy (non-hydrogen) atoms. The van der Waals surface area contributed by atoms with Crippen LogP contribution in [0.5, 0.6) is 0 Å². The Morgan fingerprint density at radius 3 is 2.50 bits per heavy atom. The van der Waals surface area contributed by atoms with Gasteiger partial charge >= 0.3 is 0 Å². The molecule has 0 bridgehead atoms. The van der Waals surface area contributed by atoms with Gasteiger partial charge in [-0.3, -0.25) is 0 Å². The summed E-state index contributed by atoms with van der Waals surface area (Å²) < 4.78 is 34.6. The third-order valence-corrected chi connectivity index (χ3v) is 6.11. The molecule has 0 aromatic carbocycles. The largest absolute Gasteiger partial charge is 0.380 e. The van der Waals surface area contributed by atoms with Gasteiger partial charge in [-0.25, -0.2) is 0 Å². The van der Waals surface area contributed by atoms with Gasteiger partial charge in [-0.2, -0.15) is 17.4 Å². The van der Waals surface area contributed by atoms with E-state index in [1.807, 2.05) is 7.05 Å². The fourth-order valence-corrected chi connectivity index (χ4v) is 4.74. The van der Waals surface area contributed by atoms with Gasteiger partial charge in [-0.1, -0.05) is 0 Å². The van der Waals surface area contributed by atoms with Gasteiger partial charge in [0.2, 0.25) is 0 Å². The maximum absolute atomic E-state index is 12.4. The first-order valence-corrected chi connectivity index (χ1v) is 8.95. The van der Waals surface area contributed by atoms with Crippen LogP contribution < -0.4 is 10.0 Å². The Kier molecular flexibility index (Phi) is 5.80. The summed E-state index contributed by atoms with van der Waals surface area (Å²) in [6, 6.07) is -0.0694. The zero-order valence-electron chi connectivity index (χ0n) is 12.5. The molecule has 1 saturated heterocycles. The maximum Gasteiger partial charge on any atom is 0.279 e. The number of rotatable bonds is 6. The van der Waals surface area contributed by atoms with Crippen molar-refractivity contribution in [3.8, 4) is 0 Å². The Morgan fingerprint density at radius 2 is 1.90 bits per heavy atom. The monoisotopic (exact) mass is 305 g/mol. The van der Waals surface area contributed by atoms with E-state index in [2.05, 4.69) is 10.0 Å². The predicted molar refractivity (Wildman–Crippen MR) is 78.7 cm³/mol. The van der Waals surface area contributed by atoms with Crippen LogP contribution in [0.15, 0.2) is 0 Å². The summed E-state index contributed by atoms with van der Waals surface area (Å²) in [4.78, 5) is 0. The third-order valence-electron chi connectivity index (χ3n) is 4.46. The Balaban J connectivity index is 1.88. The van der Waals surface area contributed by atoms with Crippen LogP contribution in [0.4, 0.5) is 0 Å². The van der Waals surface area contributed by atoms with E-state index >= 15 is 0 Å². The zero-order valence-corrected chi connectivity index (χ0v) is 13.3. The second-order valence-corrected chi connectivity index (χ2v) is 7.54. The number of nitrogens with zero attached hydrogens (tertiary/aromatic N) is 1. The molecule has 0 radical (unpaired) electrons. The minimum Gasteiger partial charge on any atom is -0.380 e. The quantitative estimate of drug-likeness (QED) is 0.741. The van der Waals surface area contributed by atoms with E-state index in [4.69, 9.17) is 4.74 Å². The minimum absolute atomic E-state index is 0.0200. The molecule has 2 rings (SSSR count). The molecule has 118 valence electrons. The molecular formula is C13H27N3O3S. The second-order valence-electron chi connectivity index (χ2n) is 5.83. The first kappa shape index (κ1) is 16.2. The van der Waals surface area contributed by atoms with E-state index in [1.54, 1.807) is 11.4 Å². The summed E-state index contributed by atoms with van der Waals surface area (Å²) >= 11 is 0. The highest BCUT2D eigenvalue weighted by Crippen LogP contribution is 2.24. The number of hydrogen-bond acceptors (Lipinski definition) is 4. The standard InChI is InChI=1S/C13H27N3O3S/c1-14-10-11-6-8-16(9-7-11)20(17,18)15-12-4-3-5-13(12)19-2/h11-15H,3-10H2,1-2H3. The van der Waals surface area contributed by atoms with Gasteiger partial charge in [-0.15, -0.1) is 0 Å². The van der Waals surface area contributed by atoms with Crippen LogP contribution in [-0.4, -0.2) is 58.7 Å². The Labute approximate surface area is 122 Å². The molecule has 6 nitrogen and oxygen atoms in total. The van der Waals surface area contributed by atoms with E-state index < -0.39 is 10.2 Å². The number of ether oxygens (including phenoxy) is 1. The molecule has 2 atom stereocenters. The third kappa shape index (κ3) is 3.92. The average molecular weight is 305 g/mol. The molecule has 0 aromatic rings. The molecule has 2 N–H and O–H groups in total. The Hall–Kier alpha value is -0.210. The normalized spacial score (nSPS) is 29.9. The van der Waals surface area contributed by atoms with E-state index in [-0.39, 0.29) is 12.1 Å². The summed E-state index contributed by atoms with van der Waals surface area (Å²) in [5.74, 6) is 0.588. The lowest BCUT2D eigenvalue weighted by Gasteiger charge is -2.32. The number of nitrogens with one attached hydrogen (secondary N) is 2. The lowest BCUT2D eigenvalue weighted by atomic mass is 9.98. The summed E-state index contributed by atoms with van der Waals surface area (Å²) in [5, 5.41) is 3.16. The van der Waals surface area contributed by atoms with Crippen LogP contribution in [0.25, 0.3) is 0 Å². The van der Waals surface area contributed by atoms with Crippen LogP contribution in [-0.2, 0) is 14.9 Å². The van der Waals surface area contributed by atoms with Crippen LogP contribution in [0.2, 0.25) is 0 Å². The van der Waals surface area contributed by atoms with Crippen molar-refractivity contribution < 1.29 is 13.2 Å². The molecular weight excluding hydrogens is 278 g/mol. The molecule has 2 unspecified atom stereocenters. The molecule has 2 fully saturated rings. The van der Waals surface area contributed by atoms with Gasteiger partial charge in [0.15, 0.2) is 0 Å². The van der Waals surface area contributed by atoms with Crippen molar-refractivity contribution in [3.63, 3.8) is 0 Å². The molecule has 1 heterocycles. The lowest BCUT2D eigenvalue weighted by Crippen LogP contribution is -2.50. The van der Waals surface area contributed by atoms with Gasteiger partial charge in [0.05, 0.1) is 6.10 Å². The Bertz CT molecular complexity index is 394. The highest BCUT2D eigenvalue weighted by molar-refractivity contribution is 7.87. The number of hydrogen-bond donors (Lipinski definition) is 2. The van der Waals surface area contributed by atoms with Crippen molar-refractivity contribution in [1.29, 1.82) is 0 Å². The highest BCUT2D eigenvalue weighted by atomic mass is 32.2. The Morgan fingerprint density at radius 1 is 1.20 bits per heavy atom. The van der Waals surface area contributed by atoms with Crippen molar-refractivity contribution in [1.82, 2.24) is 14.3 Å². The van der Waals surface area contributed by atoms with E-state index in [1.165, 1.54) is 0 Å².